The Balaban J connectivity index is 0.00000210. The Morgan fingerprint density at radius 1 is 1.26 bits per heavy atom. The van der Waals surface area contributed by atoms with E-state index in [-0.39, 0.29) is 30.3 Å². The van der Waals surface area contributed by atoms with Gasteiger partial charge in [0, 0.05) is 30.8 Å². The SMILES string of the molecule is COc1cc(NC(=O)C2CC3CCCCC3N2)ccc1N1CCCC1=O.Cl. The number of rotatable bonds is 4. The van der Waals surface area contributed by atoms with Crippen molar-refractivity contribution in [3.8, 4) is 5.75 Å². The predicted molar refractivity (Wildman–Crippen MR) is 108 cm³/mol. The van der Waals surface area contributed by atoms with Crippen LogP contribution in [0.25, 0.3) is 0 Å². The van der Waals surface area contributed by atoms with E-state index >= 15 is 0 Å². The quantitative estimate of drug-likeness (QED) is 0.824. The molecule has 27 heavy (non-hydrogen) atoms. The lowest BCUT2D eigenvalue weighted by Gasteiger charge is -2.24. The molecule has 3 unspecified atom stereocenters. The second-order valence-electron chi connectivity index (χ2n) is 7.63. The van der Waals surface area contributed by atoms with Crippen LogP contribution in [-0.2, 0) is 9.59 Å². The van der Waals surface area contributed by atoms with Crippen LogP contribution in [-0.4, -0.2) is 37.6 Å². The standard InChI is InChI=1S/C20H27N3O3.ClH/c1-26-18-12-14(8-9-17(18)23-10-4-7-19(23)24)21-20(25)16-11-13-5-2-3-6-15(13)22-16;/h8-9,12-13,15-16,22H,2-7,10-11H2,1H3,(H,21,25);1H. The van der Waals surface area contributed by atoms with E-state index < -0.39 is 0 Å². The summed E-state index contributed by atoms with van der Waals surface area (Å²) in [4.78, 5) is 26.4. The van der Waals surface area contributed by atoms with Gasteiger partial charge >= 0.3 is 0 Å². The van der Waals surface area contributed by atoms with E-state index in [2.05, 4.69) is 10.6 Å². The number of carbonyl (C=O) groups excluding carboxylic acids is 2. The van der Waals surface area contributed by atoms with Gasteiger partial charge in [0.15, 0.2) is 0 Å². The summed E-state index contributed by atoms with van der Waals surface area (Å²) < 4.78 is 5.47. The fourth-order valence-corrected chi connectivity index (χ4v) is 4.63. The third kappa shape index (κ3) is 4.06. The maximum Gasteiger partial charge on any atom is 0.241 e. The number of hydrogen-bond acceptors (Lipinski definition) is 4. The summed E-state index contributed by atoms with van der Waals surface area (Å²) in [5, 5.41) is 6.52. The molecule has 6 nitrogen and oxygen atoms in total. The zero-order chi connectivity index (χ0) is 18.1. The van der Waals surface area contributed by atoms with Crippen LogP contribution in [0.15, 0.2) is 18.2 Å². The molecule has 0 radical (unpaired) electrons. The summed E-state index contributed by atoms with van der Waals surface area (Å²) in [6.45, 7) is 0.718. The van der Waals surface area contributed by atoms with Crippen LogP contribution in [0.4, 0.5) is 11.4 Å². The van der Waals surface area contributed by atoms with Gasteiger partial charge in [-0.15, -0.1) is 12.4 Å². The van der Waals surface area contributed by atoms with Crippen LogP contribution in [0.5, 0.6) is 5.75 Å². The van der Waals surface area contributed by atoms with Gasteiger partial charge < -0.3 is 20.3 Å². The second-order valence-corrected chi connectivity index (χ2v) is 7.63. The molecule has 1 saturated carbocycles. The van der Waals surface area contributed by atoms with Gasteiger partial charge in [-0.05, 0) is 43.7 Å². The van der Waals surface area contributed by atoms with Crippen LogP contribution in [0, 0.1) is 5.92 Å². The van der Waals surface area contributed by atoms with Crippen molar-refractivity contribution in [1.29, 1.82) is 0 Å². The van der Waals surface area contributed by atoms with Crippen LogP contribution in [0.1, 0.15) is 44.9 Å². The van der Waals surface area contributed by atoms with Gasteiger partial charge in [0.2, 0.25) is 11.8 Å². The highest BCUT2D eigenvalue weighted by Gasteiger charge is 2.38. The normalized spacial score (nSPS) is 27.1. The van der Waals surface area contributed by atoms with E-state index in [4.69, 9.17) is 4.74 Å². The van der Waals surface area contributed by atoms with E-state index in [0.717, 1.165) is 25.1 Å². The Morgan fingerprint density at radius 2 is 2.07 bits per heavy atom. The number of methoxy groups -OCH3 is 1. The number of halogens is 1. The van der Waals surface area contributed by atoms with Crippen molar-refractivity contribution in [3.05, 3.63) is 18.2 Å². The number of hydrogen-bond donors (Lipinski definition) is 2. The van der Waals surface area contributed by atoms with Crippen LogP contribution < -0.4 is 20.3 Å². The first-order valence-electron chi connectivity index (χ1n) is 9.71. The lowest BCUT2D eigenvalue weighted by molar-refractivity contribution is -0.118. The zero-order valence-electron chi connectivity index (χ0n) is 15.7. The third-order valence-corrected chi connectivity index (χ3v) is 5.99. The molecule has 1 aromatic carbocycles. The molecular weight excluding hydrogens is 366 g/mol. The van der Waals surface area contributed by atoms with Gasteiger partial charge in [-0.3, -0.25) is 9.59 Å². The zero-order valence-corrected chi connectivity index (χ0v) is 16.5. The molecule has 3 aliphatic rings. The average Bonchev–Trinajstić information content (AvgIpc) is 3.27. The highest BCUT2D eigenvalue weighted by atomic mass is 35.5. The van der Waals surface area contributed by atoms with Crippen LogP contribution in [0.2, 0.25) is 0 Å². The molecule has 0 bridgehead atoms. The molecule has 2 amide bonds. The molecular formula is C20H28ClN3O3. The summed E-state index contributed by atoms with van der Waals surface area (Å²) in [5.41, 5.74) is 1.48. The number of fused-ring (bicyclic) bond motifs is 1. The van der Waals surface area contributed by atoms with Crippen molar-refractivity contribution in [2.24, 2.45) is 5.92 Å². The Bertz CT molecular complexity index is 698. The first-order valence-corrected chi connectivity index (χ1v) is 9.71. The predicted octanol–water partition coefficient (Wildman–Crippen LogP) is 3.10. The molecule has 0 spiro atoms. The minimum atomic E-state index is -0.117. The van der Waals surface area contributed by atoms with E-state index in [1.165, 1.54) is 25.7 Å². The van der Waals surface area contributed by atoms with Crippen molar-refractivity contribution in [2.45, 2.75) is 57.0 Å². The first kappa shape index (κ1) is 20.0. The third-order valence-electron chi connectivity index (χ3n) is 5.99. The van der Waals surface area contributed by atoms with Crippen molar-refractivity contribution in [2.75, 3.05) is 23.9 Å². The molecule has 2 heterocycles. The van der Waals surface area contributed by atoms with Crippen molar-refractivity contribution < 1.29 is 14.3 Å². The van der Waals surface area contributed by atoms with Crippen LogP contribution in [0.3, 0.4) is 0 Å². The first-order chi connectivity index (χ1) is 12.7. The Labute approximate surface area is 166 Å². The molecule has 1 aromatic rings. The summed E-state index contributed by atoms with van der Waals surface area (Å²) in [6, 6.07) is 5.90. The van der Waals surface area contributed by atoms with Crippen molar-refractivity contribution in [3.63, 3.8) is 0 Å². The molecule has 0 aromatic heterocycles. The molecule has 2 N–H and O–H groups in total. The fraction of sp³-hybridized carbons (Fsp3) is 0.600. The smallest absolute Gasteiger partial charge is 0.241 e. The van der Waals surface area contributed by atoms with E-state index in [0.29, 0.717) is 29.8 Å². The van der Waals surface area contributed by atoms with Gasteiger partial charge in [-0.25, -0.2) is 0 Å². The molecule has 7 heteroatoms. The van der Waals surface area contributed by atoms with Crippen molar-refractivity contribution >= 4 is 35.6 Å². The molecule has 148 valence electrons. The van der Waals surface area contributed by atoms with E-state index in [1.807, 2.05) is 12.1 Å². The van der Waals surface area contributed by atoms with Gasteiger partial charge in [0.1, 0.15) is 5.75 Å². The number of anilines is 2. The Kier molecular flexibility index (Phi) is 6.27. The fourth-order valence-electron chi connectivity index (χ4n) is 4.63. The Morgan fingerprint density at radius 3 is 2.78 bits per heavy atom. The summed E-state index contributed by atoms with van der Waals surface area (Å²) in [7, 11) is 1.59. The number of carbonyl (C=O) groups is 2. The van der Waals surface area contributed by atoms with Gasteiger partial charge in [0.25, 0.3) is 0 Å². The lowest BCUT2D eigenvalue weighted by Crippen LogP contribution is -2.39. The van der Waals surface area contributed by atoms with E-state index in [1.54, 1.807) is 18.1 Å². The number of benzene rings is 1. The van der Waals surface area contributed by atoms with Gasteiger partial charge in [0.05, 0.1) is 18.8 Å². The summed E-state index contributed by atoms with van der Waals surface area (Å²) in [6.07, 6.45) is 7.33. The monoisotopic (exact) mass is 393 g/mol. The number of ether oxygens (including phenoxy) is 1. The average molecular weight is 394 g/mol. The topological polar surface area (TPSA) is 70.7 Å². The maximum atomic E-state index is 12.7. The highest BCUT2D eigenvalue weighted by molar-refractivity contribution is 5.98. The maximum absolute atomic E-state index is 12.7. The molecule has 1 aliphatic carbocycles. The van der Waals surface area contributed by atoms with Gasteiger partial charge in [-0.1, -0.05) is 12.8 Å². The molecule has 2 aliphatic heterocycles. The van der Waals surface area contributed by atoms with Crippen LogP contribution >= 0.6 is 12.4 Å². The molecule has 3 fully saturated rings. The van der Waals surface area contributed by atoms with E-state index in [9.17, 15) is 9.59 Å². The summed E-state index contributed by atoms with van der Waals surface area (Å²) in [5.74, 6) is 1.40. The minimum Gasteiger partial charge on any atom is -0.494 e. The second kappa shape index (κ2) is 8.48. The lowest BCUT2D eigenvalue weighted by atomic mass is 9.85. The molecule has 3 atom stereocenters. The number of nitrogens with zero attached hydrogens (tertiary/aromatic N) is 1. The highest BCUT2D eigenvalue weighted by Crippen LogP contribution is 2.35. The van der Waals surface area contributed by atoms with Gasteiger partial charge in [-0.2, -0.15) is 0 Å². The largest absolute Gasteiger partial charge is 0.494 e. The summed E-state index contributed by atoms with van der Waals surface area (Å²) >= 11 is 0. The Hall–Kier alpha value is -1.79. The molecule has 2 saturated heterocycles. The molecule has 4 rings (SSSR count). The number of nitrogens with one attached hydrogen (secondary N) is 2. The minimum absolute atomic E-state index is 0. The van der Waals surface area contributed by atoms with Crippen molar-refractivity contribution in [1.82, 2.24) is 5.32 Å². The number of amides is 2.